The lowest BCUT2D eigenvalue weighted by atomic mass is 9.78. The van der Waals surface area contributed by atoms with E-state index in [2.05, 4.69) is 12.2 Å². The van der Waals surface area contributed by atoms with Crippen LogP contribution in [-0.4, -0.2) is 23.5 Å². The Hall–Kier alpha value is -1.06. The summed E-state index contributed by atoms with van der Waals surface area (Å²) in [4.78, 5) is 25.4. The molecule has 1 amide bonds. The van der Waals surface area contributed by atoms with Crippen molar-refractivity contribution in [1.29, 1.82) is 0 Å². The summed E-state index contributed by atoms with van der Waals surface area (Å²) in [7, 11) is 0. The maximum atomic E-state index is 13.3. The Bertz CT molecular complexity index is 617. The lowest BCUT2D eigenvalue weighted by Gasteiger charge is -2.32. The first-order valence-corrected chi connectivity index (χ1v) is 14.2. The summed E-state index contributed by atoms with van der Waals surface area (Å²) in [5, 5.41) is 3.45. The molecule has 0 spiro atoms. The standard InChI is InChI=1S/C29H51NO3/c1-21-19-24(23-12-7-5-6-8-13-23)14-10-16-26(21)28(32)30-25-15-9-11-22(20-25)17-18-27(31)33-29(2,3)4/h21-26H,5-20H2,1-4H3,(H,30,32)/t21?,22?,24?,25-,26?/m1/s1. The first kappa shape index (κ1) is 26.5. The van der Waals surface area contributed by atoms with Gasteiger partial charge in [0, 0.05) is 18.4 Å². The highest BCUT2D eigenvalue weighted by atomic mass is 16.6. The van der Waals surface area contributed by atoms with Gasteiger partial charge in [0.1, 0.15) is 5.60 Å². The van der Waals surface area contributed by atoms with Crippen LogP contribution in [0, 0.1) is 29.6 Å². The van der Waals surface area contributed by atoms with Crippen LogP contribution in [0.4, 0.5) is 0 Å². The third-order valence-electron chi connectivity index (χ3n) is 8.66. The van der Waals surface area contributed by atoms with Crippen molar-refractivity contribution in [3.63, 3.8) is 0 Å². The predicted molar refractivity (Wildman–Crippen MR) is 135 cm³/mol. The number of hydrogen-bond donors (Lipinski definition) is 1. The van der Waals surface area contributed by atoms with Gasteiger partial charge in [-0.1, -0.05) is 71.1 Å². The molecular weight excluding hydrogens is 410 g/mol. The fourth-order valence-corrected chi connectivity index (χ4v) is 6.95. The zero-order valence-corrected chi connectivity index (χ0v) is 22.0. The third-order valence-corrected chi connectivity index (χ3v) is 8.66. The highest BCUT2D eigenvalue weighted by Crippen LogP contribution is 2.40. The summed E-state index contributed by atoms with van der Waals surface area (Å²) in [5.74, 6) is 3.15. The van der Waals surface area contributed by atoms with Gasteiger partial charge in [0.2, 0.25) is 5.91 Å². The van der Waals surface area contributed by atoms with E-state index in [1.807, 2.05) is 20.8 Å². The molecule has 0 saturated heterocycles. The van der Waals surface area contributed by atoms with Crippen molar-refractivity contribution in [3.05, 3.63) is 0 Å². The van der Waals surface area contributed by atoms with Gasteiger partial charge in [0.25, 0.3) is 0 Å². The van der Waals surface area contributed by atoms with Gasteiger partial charge >= 0.3 is 5.97 Å². The van der Waals surface area contributed by atoms with Crippen molar-refractivity contribution in [2.45, 2.75) is 142 Å². The number of carbonyl (C=O) groups excluding carboxylic acids is 2. The molecule has 4 heteroatoms. The molecule has 3 fully saturated rings. The second-order valence-corrected chi connectivity index (χ2v) is 12.6. The maximum Gasteiger partial charge on any atom is 0.306 e. The van der Waals surface area contributed by atoms with Crippen LogP contribution < -0.4 is 5.32 Å². The Balaban J connectivity index is 1.45. The number of esters is 1. The highest BCUT2D eigenvalue weighted by Gasteiger charge is 2.34. The molecule has 0 heterocycles. The first-order valence-electron chi connectivity index (χ1n) is 14.2. The van der Waals surface area contributed by atoms with E-state index in [9.17, 15) is 9.59 Å². The monoisotopic (exact) mass is 461 g/mol. The van der Waals surface area contributed by atoms with E-state index < -0.39 is 5.60 Å². The van der Waals surface area contributed by atoms with Crippen molar-refractivity contribution in [1.82, 2.24) is 5.32 Å². The summed E-state index contributed by atoms with van der Waals surface area (Å²) in [6, 6.07) is 0.281. The number of rotatable bonds is 6. The molecular formula is C29H51NO3. The van der Waals surface area contributed by atoms with Crippen molar-refractivity contribution >= 4 is 11.9 Å². The van der Waals surface area contributed by atoms with Gasteiger partial charge in [-0.25, -0.2) is 0 Å². The molecule has 3 aliphatic carbocycles. The van der Waals surface area contributed by atoms with Crippen LogP contribution in [0.5, 0.6) is 0 Å². The van der Waals surface area contributed by atoms with Gasteiger partial charge in [-0.2, -0.15) is 0 Å². The third kappa shape index (κ3) is 8.91. The number of ether oxygens (including phenoxy) is 1. The molecule has 0 aromatic rings. The van der Waals surface area contributed by atoms with Crippen LogP contribution in [0.15, 0.2) is 0 Å². The summed E-state index contributed by atoms with van der Waals surface area (Å²) >= 11 is 0. The van der Waals surface area contributed by atoms with Crippen LogP contribution in [0.1, 0.15) is 130 Å². The molecule has 3 saturated carbocycles. The minimum Gasteiger partial charge on any atom is -0.460 e. The first-order chi connectivity index (χ1) is 15.7. The van der Waals surface area contributed by atoms with Crippen molar-refractivity contribution in [3.8, 4) is 0 Å². The summed E-state index contributed by atoms with van der Waals surface area (Å²) in [6.07, 6.45) is 19.1. The van der Waals surface area contributed by atoms with Crippen LogP contribution >= 0.6 is 0 Å². The molecule has 3 aliphatic rings. The van der Waals surface area contributed by atoms with Gasteiger partial charge in [0.05, 0.1) is 0 Å². The smallest absolute Gasteiger partial charge is 0.306 e. The molecule has 190 valence electrons. The summed E-state index contributed by atoms with van der Waals surface area (Å²) < 4.78 is 5.47. The zero-order valence-electron chi connectivity index (χ0n) is 22.0. The van der Waals surface area contributed by atoms with E-state index in [0.717, 1.165) is 50.4 Å². The van der Waals surface area contributed by atoms with E-state index in [1.54, 1.807) is 0 Å². The van der Waals surface area contributed by atoms with E-state index in [4.69, 9.17) is 4.74 Å². The fourth-order valence-electron chi connectivity index (χ4n) is 6.95. The van der Waals surface area contributed by atoms with Crippen molar-refractivity contribution in [2.75, 3.05) is 0 Å². The Morgan fingerprint density at radius 3 is 2.18 bits per heavy atom. The largest absolute Gasteiger partial charge is 0.460 e. The van der Waals surface area contributed by atoms with E-state index in [0.29, 0.717) is 24.2 Å². The van der Waals surface area contributed by atoms with Crippen LogP contribution in [0.25, 0.3) is 0 Å². The van der Waals surface area contributed by atoms with Gasteiger partial charge in [-0.15, -0.1) is 0 Å². The molecule has 0 radical (unpaired) electrons. The molecule has 5 atom stereocenters. The highest BCUT2D eigenvalue weighted by molar-refractivity contribution is 5.79. The molecule has 1 N–H and O–H groups in total. The number of nitrogens with one attached hydrogen (secondary N) is 1. The molecule has 4 nitrogen and oxygen atoms in total. The Morgan fingerprint density at radius 2 is 1.48 bits per heavy atom. The van der Waals surface area contributed by atoms with Crippen LogP contribution in [0.3, 0.4) is 0 Å². The SMILES string of the molecule is CC1CC(C2CCCCCC2)CCCC1C(=O)N[C@@H]1CCCC(CCC(=O)OC(C)(C)C)C1. The van der Waals surface area contributed by atoms with Gasteiger partial charge in [-0.05, 0) is 76.5 Å². The lowest BCUT2D eigenvalue weighted by Crippen LogP contribution is -2.43. The number of carbonyl (C=O) groups is 2. The van der Waals surface area contributed by atoms with E-state index in [-0.39, 0.29) is 17.9 Å². The minimum absolute atomic E-state index is 0.0934. The Morgan fingerprint density at radius 1 is 0.818 bits per heavy atom. The number of amides is 1. The average molecular weight is 462 g/mol. The molecule has 0 aliphatic heterocycles. The number of hydrogen-bond acceptors (Lipinski definition) is 3. The minimum atomic E-state index is -0.412. The predicted octanol–water partition coefficient (Wildman–Crippen LogP) is 7.20. The molecule has 4 unspecified atom stereocenters. The average Bonchev–Trinajstić information content (AvgIpc) is 3.12. The van der Waals surface area contributed by atoms with E-state index >= 15 is 0 Å². The molecule has 0 aromatic heterocycles. The Labute approximate surface area is 203 Å². The second-order valence-electron chi connectivity index (χ2n) is 12.6. The topological polar surface area (TPSA) is 55.4 Å². The van der Waals surface area contributed by atoms with Crippen molar-refractivity contribution in [2.24, 2.45) is 29.6 Å². The normalized spacial score (nSPS) is 32.4. The summed E-state index contributed by atoms with van der Waals surface area (Å²) in [5.41, 5.74) is -0.412. The molecule has 3 rings (SSSR count). The van der Waals surface area contributed by atoms with Gasteiger partial charge in [0.15, 0.2) is 0 Å². The quantitative estimate of drug-likeness (QED) is 0.336. The lowest BCUT2D eigenvalue weighted by molar-refractivity contribution is -0.155. The Kier molecular flexibility index (Phi) is 10.1. The fraction of sp³-hybridized carbons (Fsp3) is 0.931. The zero-order chi connectivity index (χ0) is 23.8. The van der Waals surface area contributed by atoms with E-state index in [1.165, 1.54) is 57.8 Å². The van der Waals surface area contributed by atoms with Crippen molar-refractivity contribution < 1.29 is 14.3 Å². The molecule has 0 aromatic carbocycles. The van der Waals surface area contributed by atoms with Crippen LogP contribution in [0.2, 0.25) is 0 Å². The second kappa shape index (κ2) is 12.6. The van der Waals surface area contributed by atoms with Gasteiger partial charge in [-0.3, -0.25) is 9.59 Å². The van der Waals surface area contributed by atoms with Crippen LogP contribution in [-0.2, 0) is 14.3 Å². The molecule has 0 bridgehead atoms. The van der Waals surface area contributed by atoms with Gasteiger partial charge < -0.3 is 10.1 Å². The molecule has 33 heavy (non-hydrogen) atoms. The summed E-state index contributed by atoms with van der Waals surface area (Å²) in [6.45, 7) is 8.10. The maximum absolute atomic E-state index is 13.3.